The zero-order valence-corrected chi connectivity index (χ0v) is 26.5. The first-order valence-electron chi connectivity index (χ1n) is 14.4. The van der Waals surface area contributed by atoms with Crippen LogP contribution in [0.1, 0.15) is 42.3 Å². The topological polar surface area (TPSA) is 119 Å². The molecule has 3 heterocycles. The Morgan fingerprint density at radius 2 is 1.79 bits per heavy atom. The normalized spacial score (nSPS) is 15.5. The number of pyridine rings is 1. The van der Waals surface area contributed by atoms with Crippen LogP contribution in [-0.2, 0) is 6.54 Å². The van der Waals surface area contributed by atoms with Crippen LogP contribution in [0.4, 0.5) is 37.8 Å². The van der Waals surface area contributed by atoms with E-state index in [1.165, 1.54) is 11.0 Å². The number of piperazine rings is 1. The van der Waals surface area contributed by atoms with E-state index in [9.17, 15) is 14.7 Å². The van der Waals surface area contributed by atoms with E-state index in [0.717, 1.165) is 5.56 Å². The third kappa shape index (κ3) is 6.44. The molecule has 43 heavy (non-hydrogen) atoms. The number of nitrogens with one attached hydrogen (secondary N) is 3. The van der Waals surface area contributed by atoms with Crippen LogP contribution >= 0.6 is 0 Å². The van der Waals surface area contributed by atoms with Gasteiger partial charge in [0.25, 0.3) is 5.91 Å². The van der Waals surface area contributed by atoms with Gasteiger partial charge >= 0.3 is 6.09 Å². The van der Waals surface area contributed by atoms with Gasteiger partial charge in [0.1, 0.15) is 22.9 Å². The summed E-state index contributed by atoms with van der Waals surface area (Å²) in [5.41, 5.74) is 3.84. The van der Waals surface area contributed by atoms with Crippen LogP contribution in [-0.4, -0.2) is 66.4 Å². The summed E-state index contributed by atoms with van der Waals surface area (Å²) in [7, 11) is -2.18. The number of carbonyl (C=O) groups is 2. The van der Waals surface area contributed by atoms with E-state index in [-0.39, 0.29) is 22.2 Å². The number of nitrogens with zero attached hydrogens (tertiary/aromatic N) is 3. The number of hydrogen-bond acceptors (Lipinski definition) is 7. The highest BCUT2D eigenvalue weighted by molar-refractivity contribution is 6.74. The zero-order chi connectivity index (χ0) is 31.1. The van der Waals surface area contributed by atoms with Crippen LogP contribution < -0.4 is 20.4 Å². The van der Waals surface area contributed by atoms with Crippen molar-refractivity contribution in [2.45, 2.75) is 52.4 Å². The molecule has 0 aliphatic carbocycles. The van der Waals surface area contributed by atoms with E-state index in [2.05, 4.69) is 59.7 Å². The van der Waals surface area contributed by atoms with Crippen molar-refractivity contribution in [3.05, 3.63) is 65.1 Å². The molecule has 0 atom stereocenters. The summed E-state index contributed by atoms with van der Waals surface area (Å²) in [4.78, 5) is 32.8. The van der Waals surface area contributed by atoms with Crippen molar-refractivity contribution >= 4 is 48.9 Å². The Hall–Kier alpha value is -4.16. The van der Waals surface area contributed by atoms with E-state index in [4.69, 9.17) is 4.43 Å². The Labute approximate surface area is 252 Å². The number of amides is 2. The molecular formula is C31H39FN6O4Si. The monoisotopic (exact) mass is 606 g/mol. The van der Waals surface area contributed by atoms with Crippen LogP contribution in [0, 0.1) is 12.7 Å². The smallest absolute Gasteiger partial charge is 0.407 e. The van der Waals surface area contributed by atoms with Crippen molar-refractivity contribution in [2.75, 3.05) is 42.1 Å². The molecule has 3 aromatic rings. The number of carboxylic acid groups (broad SMARTS) is 1. The second kappa shape index (κ2) is 11.5. The third-order valence-electron chi connectivity index (χ3n) is 8.52. The molecule has 2 aromatic carbocycles. The van der Waals surface area contributed by atoms with Gasteiger partial charge in [-0.25, -0.2) is 14.2 Å². The fraction of sp³-hybridized carbons (Fsp3) is 0.387. The molecule has 4 N–H and O–H groups in total. The lowest BCUT2D eigenvalue weighted by Crippen LogP contribution is -2.47. The lowest BCUT2D eigenvalue weighted by molar-refractivity contribution is 0.102. The number of rotatable bonds is 6. The average Bonchev–Trinajstić information content (AvgIpc) is 3.06. The Morgan fingerprint density at radius 1 is 1.07 bits per heavy atom. The van der Waals surface area contributed by atoms with Crippen LogP contribution in [0.25, 0.3) is 0 Å². The third-order valence-corrected chi connectivity index (χ3v) is 12.9. The van der Waals surface area contributed by atoms with E-state index < -0.39 is 20.2 Å². The summed E-state index contributed by atoms with van der Waals surface area (Å²) in [5.74, 6) is 0.130. The van der Waals surface area contributed by atoms with E-state index >= 15 is 4.39 Å². The summed E-state index contributed by atoms with van der Waals surface area (Å²) in [6, 6.07) is 10.5. The van der Waals surface area contributed by atoms with Gasteiger partial charge in [0.2, 0.25) is 8.32 Å². The predicted octanol–water partition coefficient (Wildman–Crippen LogP) is 6.76. The Balaban J connectivity index is 1.37. The lowest BCUT2D eigenvalue weighted by atomic mass is 10.1. The number of benzene rings is 2. The molecule has 5 rings (SSSR count). The number of fused-ring (bicyclic) bond motifs is 2. The van der Waals surface area contributed by atoms with Gasteiger partial charge in [-0.15, -0.1) is 0 Å². The van der Waals surface area contributed by atoms with Crippen LogP contribution in [0.3, 0.4) is 0 Å². The SMILES string of the molecule is Cc1cc(F)c(Nc2ccnc3c2C(=O)Nc2cc(CN4CCN(C(=O)O)CC4)ccc2N3)cc1O[Si](C)(C)C(C)(C)C. The maximum Gasteiger partial charge on any atom is 0.407 e. The van der Waals surface area contributed by atoms with Crippen molar-refractivity contribution in [1.29, 1.82) is 0 Å². The minimum absolute atomic E-state index is 0.0300. The van der Waals surface area contributed by atoms with E-state index in [1.807, 2.05) is 25.1 Å². The minimum atomic E-state index is -2.18. The Kier molecular flexibility index (Phi) is 8.10. The van der Waals surface area contributed by atoms with Gasteiger partial charge in [0.05, 0.1) is 22.7 Å². The summed E-state index contributed by atoms with van der Waals surface area (Å²) in [6.07, 6.45) is 0.669. The Bertz CT molecular complexity index is 1570. The zero-order valence-electron chi connectivity index (χ0n) is 25.5. The highest BCUT2D eigenvalue weighted by Gasteiger charge is 2.39. The molecule has 1 fully saturated rings. The molecule has 0 bridgehead atoms. The van der Waals surface area contributed by atoms with Gasteiger partial charge in [-0.2, -0.15) is 0 Å². The molecule has 0 unspecified atom stereocenters. The summed E-state index contributed by atoms with van der Waals surface area (Å²) < 4.78 is 21.7. The van der Waals surface area contributed by atoms with Gasteiger partial charge in [-0.3, -0.25) is 9.69 Å². The molecule has 0 spiro atoms. The van der Waals surface area contributed by atoms with Crippen molar-refractivity contribution in [3.63, 3.8) is 0 Å². The van der Waals surface area contributed by atoms with Crippen molar-refractivity contribution < 1.29 is 23.5 Å². The van der Waals surface area contributed by atoms with Crippen LogP contribution in [0.15, 0.2) is 42.6 Å². The lowest BCUT2D eigenvalue weighted by Gasteiger charge is -2.37. The van der Waals surface area contributed by atoms with Gasteiger partial charge < -0.3 is 30.4 Å². The van der Waals surface area contributed by atoms with E-state index in [0.29, 0.717) is 66.9 Å². The van der Waals surface area contributed by atoms with Gasteiger partial charge in [0, 0.05) is 45.0 Å². The van der Waals surface area contributed by atoms with Crippen LogP contribution in [0.5, 0.6) is 5.75 Å². The second-order valence-electron chi connectivity index (χ2n) is 12.7. The highest BCUT2D eigenvalue weighted by atomic mass is 28.4. The first-order chi connectivity index (χ1) is 20.2. The maximum atomic E-state index is 15.2. The molecule has 0 saturated carbocycles. The quantitative estimate of drug-likeness (QED) is 0.227. The van der Waals surface area contributed by atoms with Crippen molar-refractivity contribution in [1.82, 2.24) is 14.8 Å². The largest absolute Gasteiger partial charge is 0.543 e. The molecule has 1 saturated heterocycles. The van der Waals surface area contributed by atoms with E-state index in [1.54, 1.807) is 18.3 Å². The second-order valence-corrected chi connectivity index (χ2v) is 17.4. The number of aryl methyl sites for hydroxylation is 1. The molecule has 228 valence electrons. The van der Waals surface area contributed by atoms with Gasteiger partial charge in [-0.05, 0) is 60.4 Å². The average molecular weight is 607 g/mol. The summed E-state index contributed by atoms with van der Waals surface area (Å²) >= 11 is 0. The molecule has 12 heteroatoms. The van der Waals surface area contributed by atoms with Gasteiger partial charge in [-0.1, -0.05) is 26.8 Å². The molecule has 10 nitrogen and oxygen atoms in total. The first-order valence-corrected chi connectivity index (χ1v) is 17.3. The van der Waals surface area contributed by atoms with Crippen molar-refractivity contribution in [3.8, 4) is 5.75 Å². The fourth-order valence-corrected chi connectivity index (χ4v) is 5.97. The molecule has 0 radical (unpaired) electrons. The van der Waals surface area contributed by atoms with Gasteiger partial charge in [0.15, 0.2) is 0 Å². The van der Waals surface area contributed by atoms with Crippen molar-refractivity contribution in [2.24, 2.45) is 0 Å². The standard InChI is InChI=1S/C31H39FN6O4Si/c1-19-15-21(32)24(17-26(19)42-43(5,6)31(2,3)4)34-23-9-10-33-28-27(23)29(39)36-25-16-20(7-8-22(25)35-28)18-37-11-13-38(14-12-37)30(40)41/h7-10,15-17H,11-14,18H2,1-6H3,(H,36,39)(H,40,41)(H2,33,34,35). The molecular weight excluding hydrogens is 567 g/mol. The summed E-state index contributed by atoms with van der Waals surface area (Å²) in [5, 5.41) is 18.5. The number of halogens is 1. The highest BCUT2D eigenvalue weighted by Crippen LogP contribution is 2.40. The molecule has 1 aromatic heterocycles. The number of aromatic nitrogens is 1. The predicted molar refractivity (Wildman–Crippen MR) is 169 cm³/mol. The number of anilines is 5. The number of hydrogen-bond donors (Lipinski definition) is 4. The minimum Gasteiger partial charge on any atom is -0.543 e. The first kappa shape index (κ1) is 30.3. The fourth-order valence-electron chi connectivity index (χ4n) is 4.89. The molecule has 2 aliphatic heterocycles. The van der Waals surface area contributed by atoms with Crippen LogP contribution in [0.2, 0.25) is 18.1 Å². The summed E-state index contributed by atoms with van der Waals surface area (Å²) in [6.45, 7) is 15.4. The number of carbonyl (C=O) groups excluding carboxylic acids is 1. The molecule has 2 amide bonds. The molecule has 2 aliphatic rings. The maximum absolute atomic E-state index is 15.2. The Morgan fingerprint density at radius 3 is 2.47 bits per heavy atom.